The van der Waals surface area contributed by atoms with Crippen molar-refractivity contribution in [3.8, 4) is 0 Å². The first-order valence-electron chi connectivity index (χ1n) is 5.19. The van der Waals surface area contributed by atoms with Crippen molar-refractivity contribution in [3.05, 3.63) is 0 Å². The lowest BCUT2D eigenvalue weighted by Gasteiger charge is -2.36. The van der Waals surface area contributed by atoms with E-state index < -0.39 is 0 Å². The molecule has 0 aromatic heterocycles. The molecule has 0 saturated heterocycles. The van der Waals surface area contributed by atoms with Crippen LogP contribution in [0.4, 0.5) is 0 Å². The molecule has 1 nitrogen and oxygen atoms in total. The summed E-state index contributed by atoms with van der Waals surface area (Å²) in [5.41, 5.74) is 4.19. The largest absolute Gasteiger partial charge is 0.355 e. The highest BCUT2D eigenvalue weighted by Crippen LogP contribution is 2.39. The van der Waals surface area contributed by atoms with Crippen molar-refractivity contribution in [2.24, 2.45) is 11.8 Å². The molecule has 2 rings (SSSR count). The molecule has 0 heterocycles. The Bertz CT molecular complexity index is 133. The quantitative estimate of drug-likeness (QED) is 0.549. The van der Waals surface area contributed by atoms with E-state index in [1.807, 2.05) is 0 Å². The topological polar surface area (TPSA) is 27.6 Å². The molecule has 2 aliphatic rings. The van der Waals surface area contributed by atoms with Gasteiger partial charge in [0.05, 0.1) is 6.04 Å². The van der Waals surface area contributed by atoms with Crippen molar-refractivity contribution in [3.63, 3.8) is 0 Å². The van der Waals surface area contributed by atoms with E-state index in [2.05, 4.69) is 5.73 Å². The van der Waals surface area contributed by atoms with Crippen LogP contribution in [0.25, 0.3) is 0 Å². The molecule has 3 N–H and O–H groups in total. The highest BCUT2D eigenvalue weighted by atomic mass is 14.6. The van der Waals surface area contributed by atoms with Crippen LogP contribution < -0.4 is 5.73 Å². The zero-order valence-electron chi connectivity index (χ0n) is 7.39. The van der Waals surface area contributed by atoms with E-state index in [0.717, 1.165) is 17.9 Å². The third-order valence-electron chi connectivity index (χ3n) is 3.65. The molecule has 0 radical (unpaired) electrons. The highest BCUT2D eigenvalue weighted by molar-refractivity contribution is 4.82. The summed E-state index contributed by atoms with van der Waals surface area (Å²) >= 11 is 0. The van der Waals surface area contributed by atoms with E-state index in [1.165, 1.54) is 44.9 Å². The van der Waals surface area contributed by atoms with Crippen LogP contribution in [0.3, 0.4) is 0 Å². The van der Waals surface area contributed by atoms with Crippen molar-refractivity contribution in [2.45, 2.75) is 51.0 Å². The van der Waals surface area contributed by atoms with E-state index >= 15 is 0 Å². The Morgan fingerprint density at radius 3 is 2.36 bits per heavy atom. The second-order valence-electron chi connectivity index (χ2n) is 4.48. The molecule has 0 spiro atoms. The van der Waals surface area contributed by atoms with Crippen LogP contribution in [0.1, 0.15) is 44.9 Å². The second kappa shape index (κ2) is 3.14. The van der Waals surface area contributed by atoms with Gasteiger partial charge in [0, 0.05) is 6.42 Å². The molecular formula is C10H20N+. The number of rotatable bonds is 0. The Balaban J connectivity index is 1.93. The molecule has 3 atom stereocenters. The number of quaternary nitrogens is 1. The maximum absolute atomic E-state index is 4.19. The molecule has 2 aliphatic carbocycles. The molecule has 0 amide bonds. The van der Waals surface area contributed by atoms with Crippen molar-refractivity contribution in [1.82, 2.24) is 0 Å². The Kier molecular flexibility index (Phi) is 2.17. The summed E-state index contributed by atoms with van der Waals surface area (Å²) in [5.74, 6) is 2.17. The van der Waals surface area contributed by atoms with Crippen molar-refractivity contribution < 1.29 is 5.73 Å². The predicted molar refractivity (Wildman–Crippen MR) is 46.0 cm³/mol. The SMILES string of the molecule is [NH3+][C@@H]1CC[C@H]2CCCC[C@@H]2C1. The maximum atomic E-state index is 4.19. The normalized spacial score (nSPS) is 45.0. The minimum Gasteiger partial charge on any atom is -0.355 e. The van der Waals surface area contributed by atoms with Crippen molar-refractivity contribution in [1.29, 1.82) is 0 Å². The molecule has 64 valence electrons. The van der Waals surface area contributed by atoms with Crippen LogP contribution in [0.2, 0.25) is 0 Å². The zero-order chi connectivity index (χ0) is 7.68. The number of hydrogen-bond donors (Lipinski definition) is 1. The molecule has 0 aromatic carbocycles. The Morgan fingerprint density at radius 2 is 1.55 bits per heavy atom. The van der Waals surface area contributed by atoms with E-state index in [-0.39, 0.29) is 0 Å². The van der Waals surface area contributed by atoms with E-state index in [4.69, 9.17) is 0 Å². The predicted octanol–water partition coefficient (Wildman–Crippen LogP) is 1.59. The maximum Gasteiger partial charge on any atom is 0.0846 e. The second-order valence-corrected chi connectivity index (χ2v) is 4.48. The van der Waals surface area contributed by atoms with Gasteiger partial charge < -0.3 is 5.73 Å². The lowest BCUT2D eigenvalue weighted by molar-refractivity contribution is -0.430. The summed E-state index contributed by atoms with van der Waals surface area (Å²) in [4.78, 5) is 0. The van der Waals surface area contributed by atoms with E-state index in [0.29, 0.717) is 0 Å². The lowest BCUT2D eigenvalue weighted by Crippen LogP contribution is -2.63. The van der Waals surface area contributed by atoms with Gasteiger partial charge in [-0.3, -0.25) is 0 Å². The summed E-state index contributed by atoms with van der Waals surface area (Å²) in [6, 6.07) is 0.786. The summed E-state index contributed by atoms with van der Waals surface area (Å²) < 4.78 is 0. The zero-order valence-corrected chi connectivity index (χ0v) is 7.39. The third kappa shape index (κ3) is 1.58. The first-order valence-corrected chi connectivity index (χ1v) is 5.19. The fourth-order valence-electron chi connectivity index (χ4n) is 2.97. The van der Waals surface area contributed by atoms with Gasteiger partial charge in [0.1, 0.15) is 0 Å². The standard InChI is InChI=1S/C10H19N/c11-10-6-5-8-3-1-2-4-9(8)7-10/h8-10H,1-7,11H2/p+1/t8-,9-,10-/m1/s1. The summed E-state index contributed by atoms with van der Waals surface area (Å²) in [7, 11) is 0. The highest BCUT2D eigenvalue weighted by Gasteiger charge is 2.31. The fourth-order valence-corrected chi connectivity index (χ4v) is 2.97. The molecule has 0 bridgehead atoms. The molecule has 2 fully saturated rings. The van der Waals surface area contributed by atoms with Crippen LogP contribution in [0.15, 0.2) is 0 Å². The van der Waals surface area contributed by atoms with Gasteiger partial charge in [-0.1, -0.05) is 19.3 Å². The Hall–Kier alpha value is -0.0400. The van der Waals surface area contributed by atoms with Gasteiger partial charge in [0.25, 0.3) is 0 Å². The van der Waals surface area contributed by atoms with Gasteiger partial charge in [-0.05, 0) is 31.1 Å². The average molecular weight is 154 g/mol. The van der Waals surface area contributed by atoms with E-state index in [1.54, 1.807) is 0 Å². The van der Waals surface area contributed by atoms with Crippen LogP contribution in [-0.4, -0.2) is 6.04 Å². The van der Waals surface area contributed by atoms with Crippen molar-refractivity contribution >= 4 is 0 Å². The minimum absolute atomic E-state index is 0.786. The molecule has 0 aliphatic heterocycles. The average Bonchev–Trinajstić information content (AvgIpc) is 2.04. The number of fused-ring (bicyclic) bond motifs is 1. The van der Waals surface area contributed by atoms with Gasteiger partial charge in [-0.15, -0.1) is 0 Å². The van der Waals surface area contributed by atoms with Gasteiger partial charge in [0.2, 0.25) is 0 Å². The number of hydrogen-bond acceptors (Lipinski definition) is 0. The molecule has 0 aromatic rings. The fraction of sp³-hybridized carbons (Fsp3) is 1.00. The van der Waals surface area contributed by atoms with Crippen LogP contribution in [0.5, 0.6) is 0 Å². The molecular weight excluding hydrogens is 134 g/mol. The van der Waals surface area contributed by atoms with Crippen molar-refractivity contribution in [2.75, 3.05) is 0 Å². The van der Waals surface area contributed by atoms with Crippen LogP contribution in [0, 0.1) is 11.8 Å². The lowest BCUT2D eigenvalue weighted by atomic mass is 9.70. The first-order chi connectivity index (χ1) is 5.36. The smallest absolute Gasteiger partial charge is 0.0846 e. The van der Waals surface area contributed by atoms with Gasteiger partial charge in [-0.2, -0.15) is 0 Å². The molecule has 1 heteroatoms. The summed E-state index contributed by atoms with van der Waals surface area (Å²) in [6.45, 7) is 0. The van der Waals surface area contributed by atoms with Gasteiger partial charge in [-0.25, -0.2) is 0 Å². The monoisotopic (exact) mass is 154 g/mol. The van der Waals surface area contributed by atoms with Crippen LogP contribution >= 0.6 is 0 Å². The Labute approximate surface area is 69.4 Å². The molecule has 0 unspecified atom stereocenters. The van der Waals surface area contributed by atoms with E-state index in [9.17, 15) is 0 Å². The minimum atomic E-state index is 0.786. The summed E-state index contributed by atoms with van der Waals surface area (Å²) in [6.07, 6.45) is 10.4. The molecule has 11 heavy (non-hydrogen) atoms. The molecule has 2 saturated carbocycles. The Morgan fingerprint density at radius 1 is 0.818 bits per heavy atom. The first kappa shape index (κ1) is 7.60. The van der Waals surface area contributed by atoms with Gasteiger partial charge in [0.15, 0.2) is 0 Å². The third-order valence-corrected chi connectivity index (χ3v) is 3.65. The van der Waals surface area contributed by atoms with Crippen LogP contribution in [-0.2, 0) is 0 Å². The summed E-state index contributed by atoms with van der Waals surface area (Å²) in [5, 5.41) is 0. The van der Waals surface area contributed by atoms with Gasteiger partial charge >= 0.3 is 0 Å².